The first-order valence-corrected chi connectivity index (χ1v) is 9.97. The van der Waals surface area contributed by atoms with E-state index in [4.69, 9.17) is 9.47 Å². The van der Waals surface area contributed by atoms with Gasteiger partial charge in [-0.2, -0.15) is 0 Å². The highest BCUT2D eigenvalue weighted by molar-refractivity contribution is 6.05. The molecule has 160 valence electrons. The fourth-order valence-corrected chi connectivity index (χ4v) is 3.14. The number of carbonyl (C=O) groups excluding carboxylic acids is 2. The molecule has 0 unspecified atom stereocenters. The summed E-state index contributed by atoms with van der Waals surface area (Å²) in [7, 11) is 3.21. The molecule has 2 amide bonds. The number of nitrogens with one attached hydrogen (secondary N) is 2. The Kier molecular flexibility index (Phi) is 7.65. The molecule has 2 N–H and O–H groups in total. The van der Waals surface area contributed by atoms with Crippen molar-refractivity contribution in [2.24, 2.45) is 0 Å². The van der Waals surface area contributed by atoms with Crippen molar-refractivity contribution in [3.05, 3.63) is 95.6 Å². The topological polar surface area (TPSA) is 76.7 Å². The number of methoxy groups -OCH3 is 2. The van der Waals surface area contributed by atoms with Crippen LogP contribution in [0.25, 0.3) is 0 Å². The Labute approximate surface area is 182 Å². The quantitative estimate of drug-likeness (QED) is 0.522. The summed E-state index contributed by atoms with van der Waals surface area (Å²) in [4.78, 5) is 25.9. The third kappa shape index (κ3) is 6.09. The van der Waals surface area contributed by atoms with Gasteiger partial charge in [0.25, 0.3) is 0 Å². The molecule has 3 aromatic rings. The number of carbonyl (C=O) groups is 2. The highest BCUT2D eigenvalue weighted by atomic mass is 16.5. The average Bonchev–Trinajstić information content (AvgIpc) is 2.83. The molecule has 0 fully saturated rings. The van der Waals surface area contributed by atoms with Gasteiger partial charge in [-0.25, -0.2) is 0 Å². The fraction of sp³-hybridized carbons (Fsp3) is 0.200. The molecule has 31 heavy (non-hydrogen) atoms. The monoisotopic (exact) mass is 418 g/mol. The van der Waals surface area contributed by atoms with E-state index in [2.05, 4.69) is 10.6 Å². The largest absolute Gasteiger partial charge is 0.497 e. The van der Waals surface area contributed by atoms with E-state index in [-0.39, 0.29) is 11.8 Å². The second kappa shape index (κ2) is 10.8. The van der Waals surface area contributed by atoms with Crippen molar-refractivity contribution in [3.8, 4) is 11.5 Å². The van der Waals surface area contributed by atoms with E-state index < -0.39 is 5.92 Å². The summed E-state index contributed by atoms with van der Waals surface area (Å²) < 4.78 is 10.3. The van der Waals surface area contributed by atoms with Crippen LogP contribution in [0.3, 0.4) is 0 Å². The lowest BCUT2D eigenvalue weighted by molar-refractivity contribution is -0.131. The number of hydrogen-bond acceptors (Lipinski definition) is 4. The van der Waals surface area contributed by atoms with Crippen molar-refractivity contribution in [3.63, 3.8) is 0 Å². The summed E-state index contributed by atoms with van der Waals surface area (Å²) in [6.07, 6.45) is 0. The molecule has 0 saturated carbocycles. The van der Waals surface area contributed by atoms with Crippen LogP contribution in [-0.4, -0.2) is 26.0 Å². The van der Waals surface area contributed by atoms with Gasteiger partial charge in [-0.3, -0.25) is 9.59 Å². The van der Waals surface area contributed by atoms with Crippen LogP contribution in [-0.2, 0) is 22.7 Å². The SMILES string of the molecule is COc1ccc(CNC(=O)C(C(=O)NCc2ccc(OC)cc2)c2ccccc2)cc1. The Balaban J connectivity index is 1.67. The first-order valence-electron chi connectivity index (χ1n) is 9.97. The van der Waals surface area contributed by atoms with Crippen LogP contribution in [0.2, 0.25) is 0 Å². The van der Waals surface area contributed by atoms with Gasteiger partial charge in [0, 0.05) is 13.1 Å². The zero-order valence-corrected chi connectivity index (χ0v) is 17.6. The van der Waals surface area contributed by atoms with E-state index in [1.807, 2.05) is 66.7 Å². The molecular weight excluding hydrogens is 392 g/mol. The first-order chi connectivity index (χ1) is 15.1. The molecule has 3 rings (SSSR count). The Hall–Kier alpha value is -3.80. The van der Waals surface area contributed by atoms with Gasteiger partial charge in [-0.05, 0) is 41.0 Å². The van der Waals surface area contributed by atoms with Gasteiger partial charge in [0.2, 0.25) is 11.8 Å². The lowest BCUT2D eigenvalue weighted by Crippen LogP contribution is -2.39. The summed E-state index contributed by atoms with van der Waals surface area (Å²) in [5.41, 5.74) is 2.47. The minimum Gasteiger partial charge on any atom is -0.497 e. The molecule has 6 heteroatoms. The molecule has 0 spiro atoms. The maximum Gasteiger partial charge on any atom is 0.237 e. The molecule has 0 radical (unpaired) electrons. The predicted molar refractivity (Wildman–Crippen MR) is 119 cm³/mol. The highest BCUT2D eigenvalue weighted by Gasteiger charge is 2.28. The lowest BCUT2D eigenvalue weighted by atomic mass is 9.97. The number of hydrogen-bond donors (Lipinski definition) is 2. The van der Waals surface area contributed by atoms with Crippen molar-refractivity contribution in [1.29, 1.82) is 0 Å². The van der Waals surface area contributed by atoms with Crippen molar-refractivity contribution in [2.45, 2.75) is 19.0 Å². The van der Waals surface area contributed by atoms with Crippen molar-refractivity contribution in [1.82, 2.24) is 10.6 Å². The van der Waals surface area contributed by atoms with Crippen molar-refractivity contribution >= 4 is 11.8 Å². The van der Waals surface area contributed by atoms with E-state index >= 15 is 0 Å². The van der Waals surface area contributed by atoms with Crippen LogP contribution in [0.5, 0.6) is 11.5 Å². The van der Waals surface area contributed by atoms with Crippen LogP contribution in [0.4, 0.5) is 0 Å². The number of ether oxygens (including phenoxy) is 2. The summed E-state index contributed by atoms with van der Waals surface area (Å²) >= 11 is 0. The van der Waals surface area contributed by atoms with E-state index in [9.17, 15) is 9.59 Å². The van der Waals surface area contributed by atoms with Gasteiger partial charge in [0.15, 0.2) is 0 Å². The van der Waals surface area contributed by atoms with Gasteiger partial charge < -0.3 is 20.1 Å². The molecule has 0 heterocycles. The smallest absolute Gasteiger partial charge is 0.237 e. The summed E-state index contributed by atoms with van der Waals surface area (Å²) in [6, 6.07) is 23.9. The molecule has 0 aromatic heterocycles. The molecule has 0 aliphatic heterocycles. The van der Waals surface area contributed by atoms with Gasteiger partial charge in [0.1, 0.15) is 17.4 Å². The van der Waals surface area contributed by atoms with E-state index in [0.717, 1.165) is 22.6 Å². The molecule has 6 nitrogen and oxygen atoms in total. The van der Waals surface area contributed by atoms with Crippen LogP contribution >= 0.6 is 0 Å². The molecule has 0 atom stereocenters. The third-order valence-corrected chi connectivity index (χ3v) is 4.91. The molecule has 3 aromatic carbocycles. The summed E-state index contributed by atoms with van der Waals surface area (Å²) in [5, 5.41) is 5.74. The van der Waals surface area contributed by atoms with Gasteiger partial charge >= 0.3 is 0 Å². The second-order valence-electron chi connectivity index (χ2n) is 6.98. The predicted octanol–water partition coefficient (Wildman–Crippen LogP) is 3.42. The van der Waals surface area contributed by atoms with Crippen molar-refractivity contribution in [2.75, 3.05) is 14.2 Å². The zero-order valence-electron chi connectivity index (χ0n) is 17.6. The first kappa shape index (κ1) is 21.9. The molecule has 0 bridgehead atoms. The second-order valence-corrected chi connectivity index (χ2v) is 6.98. The minimum absolute atomic E-state index is 0.317. The maximum absolute atomic E-state index is 13.0. The van der Waals surface area contributed by atoms with Gasteiger partial charge in [0.05, 0.1) is 14.2 Å². The molecule has 0 aliphatic carbocycles. The third-order valence-electron chi connectivity index (χ3n) is 4.91. The van der Waals surface area contributed by atoms with Crippen LogP contribution in [0.1, 0.15) is 22.6 Å². The van der Waals surface area contributed by atoms with Crippen LogP contribution in [0.15, 0.2) is 78.9 Å². The van der Waals surface area contributed by atoms with Crippen molar-refractivity contribution < 1.29 is 19.1 Å². The zero-order chi connectivity index (χ0) is 22.1. The summed E-state index contributed by atoms with van der Waals surface area (Å²) in [5.74, 6) is -0.161. The normalized spacial score (nSPS) is 10.4. The Morgan fingerprint density at radius 1 is 0.677 bits per heavy atom. The van der Waals surface area contributed by atoms with E-state index in [1.165, 1.54) is 0 Å². The summed E-state index contributed by atoms with van der Waals surface area (Å²) in [6.45, 7) is 0.635. The Morgan fingerprint density at radius 2 is 1.10 bits per heavy atom. The minimum atomic E-state index is -0.947. The lowest BCUT2D eigenvalue weighted by Gasteiger charge is -2.17. The van der Waals surface area contributed by atoms with E-state index in [1.54, 1.807) is 26.4 Å². The fourth-order valence-electron chi connectivity index (χ4n) is 3.14. The molecule has 0 aliphatic rings. The average molecular weight is 418 g/mol. The van der Waals surface area contributed by atoms with Crippen LogP contribution < -0.4 is 20.1 Å². The Bertz CT molecular complexity index is 923. The number of rotatable bonds is 9. The highest BCUT2D eigenvalue weighted by Crippen LogP contribution is 2.18. The molecular formula is C25H26N2O4. The van der Waals surface area contributed by atoms with Gasteiger partial charge in [-0.15, -0.1) is 0 Å². The maximum atomic E-state index is 13.0. The van der Waals surface area contributed by atoms with E-state index in [0.29, 0.717) is 18.7 Å². The van der Waals surface area contributed by atoms with Gasteiger partial charge in [-0.1, -0.05) is 54.6 Å². The standard InChI is InChI=1S/C25H26N2O4/c1-30-21-12-8-18(9-13-21)16-26-24(28)23(20-6-4-3-5-7-20)25(29)27-17-19-10-14-22(31-2)15-11-19/h3-15,23H,16-17H2,1-2H3,(H,26,28)(H,27,29). The number of amides is 2. The van der Waals surface area contributed by atoms with Crippen LogP contribution in [0, 0.1) is 0 Å². The molecule has 0 saturated heterocycles. The number of benzene rings is 3. The Morgan fingerprint density at radius 3 is 1.48 bits per heavy atom.